The van der Waals surface area contributed by atoms with Crippen LogP contribution < -0.4 is 21.3 Å². The third-order valence-electron chi connectivity index (χ3n) is 5.63. The topological polar surface area (TPSA) is 174 Å². The van der Waals surface area contributed by atoms with Gasteiger partial charge in [0.05, 0.1) is 35.8 Å². The number of alkyl halides is 3. The summed E-state index contributed by atoms with van der Waals surface area (Å²) >= 11 is 0. The number of rotatable bonds is 11. The van der Waals surface area contributed by atoms with Crippen LogP contribution in [-0.4, -0.2) is 49.7 Å². The third kappa shape index (κ3) is 5.55. The van der Waals surface area contributed by atoms with Gasteiger partial charge in [-0.1, -0.05) is 6.92 Å². The molecule has 0 saturated carbocycles. The minimum absolute atomic E-state index is 0.0386. The van der Waals surface area contributed by atoms with Gasteiger partial charge in [-0.2, -0.15) is 23.5 Å². The first kappa shape index (κ1) is 28.0. The summed E-state index contributed by atoms with van der Waals surface area (Å²) in [6.07, 6.45) is 0.602. The van der Waals surface area contributed by atoms with Gasteiger partial charge in [-0.05, 0) is 18.6 Å². The maximum absolute atomic E-state index is 13.7. The summed E-state index contributed by atoms with van der Waals surface area (Å²) in [6, 6.07) is 4.71. The number of halogens is 3. The van der Waals surface area contributed by atoms with Crippen molar-refractivity contribution in [3.8, 4) is 23.1 Å². The number of hydroxylamine groups is 1. The number of nitriles is 1. The Bertz CT molecular complexity index is 1590. The molecule has 4 aromatic rings. The molecule has 4 rings (SSSR count). The number of aromatic nitrogens is 5. The number of hydrogen-bond donors (Lipinski definition) is 3. The normalized spacial score (nSPS) is 11.3. The quantitative estimate of drug-likeness (QED) is 0.141. The van der Waals surface area contributed by atoms with Gasteiger partial charge < -0.3 is 15.8 Å². The highest BCUT2D eigenvalue weighted by Gasteiger charge is 2.38. The highest BCUT2D eigenvalue weighted by molar-refractivity contribution is 5.97. The van der Waals surface area contributed by atoms with E-state index in [2.05, 4.69) is 25.9 Å². The fourth-order valence-electron chi connectivity index (χ4n) is 4.01. The van der Waals surface area contributed by atoms with Gasteiger partial charge in [-0.25, -0.2) is 15.4 Å². The number of anilines is 2. The molecule has 0 spiro atoms. The first-order chi connectivity index (χ1) is 19.2. The van der Waals surface area contributed by atoms with Gasteiger partial charge in [-0.3, -0.25) is 23.5 Å². The Morgan fingerprint density at radius 2 is 2.10 bits per heavy atom. The molecule has 0 aliphatic rings. The number of ether oxygens (including phenoxy) is 1. The van der Waals surface area contributed by atoms with E-state index in [0.29, 0.717) is 5.56 Å². The second-order valence-electron chi connectivity index (χ2n) is 8.09. The number of amides is 1. The van der Waals surface area contributed by atoms with Crippen LogP contribution >= 0.6 is 0 Å². The molecule has 13 nitrogen and oxygen atoms in total. The standard InChI is InChI=1S/C24H22F3N9O4/c1-2-14-15(23(38)34-40-10-6-29)3-4-17(19(14)39-13-37)32-21-22-31-11-18(36(22)9-7-30-21)16-12-35(8-5-28)33-20(16)24(25,26)27/h3-4,7,9,11-13H,2,6,8,10,29H2,1H3,(H,30,32)(H,34,38). The second-order valence-corrected chi connectivity index (χ2v) is 8.09. The number of carbonyl (C=O) groups excluding carboxylic acids is 2. The zero-order chi connectivity index (χ0) is 28.9. The van der Waals surface area contributed by atoms with Crippen LogP contribution in [0.3, 0.4) is 0 Å². The number of nitrogens with one attached hydrogen (secondary N) is 2. The van der Waals surface area contributed by atoms with E-state index in [1.807, 2.05) is 0 Å². The van der Waals surface area contributed by atoms with E-state index in [1.54, 1.807) is 13.0 Å². The van der Waals surface area contributed by atoms with Crippen molar-refractivity contribution < 1.29 is 32.3 Å². The van der Waals surface area contributed by atoms with Crippen molar-refractivity contribution in [2.24, 2.45) is 5.73 Å². The summed E-state index contributed by atoms with van der Waals surface area (Å²) in [7, 11) is 0. The Kier molecular flexibility index (Phi) is 8.26. The van der Waals surface area contributed by atoms with E-state index in [0.717, 1.165) is 10.9 Å². The van der Waals surface area contributed by atoms with Crippen molar-refractivity contribution in [2.45, 2.75) is 26.1 Å². The molecule has 3 aromatic heterocycles. The lowest BCUT2D eigenvalue weighted by Crippen LogP contribution is -2.27. The van der Waals surface area contributed by atoms with E-state index < -0.39 is 17.8 Å². The van der Waals surface area contributed by atoms with Crippen LogP contribution in [-0.2, 0) is 28.8 Å². The lowest BCUT2D eigenvalue weighted by Gasteiger charge is -2.17. The zero-order valence-corrected chi connectivity index (χ0v) is 20.9. The van der Waals surface area contributed by atoms with Gasteiger partial charge >= 0.3 is 6.18 Å². The molecular weight excluding hydrogens is 535 g/mol. The maximum Gasteiger partial charge on any atom is 0.435 e. The maximum atomic E-state index is 13.7. The molecule has 0 radical (unpaired) electrons. The number of fused-ring (bicyclic) bond motifs is 1. The third-order valence-corrected chi connectivity index (χ3v) is 5.63. The summed E-state index contributed by atoms with van der Waals surface area (Å²) in [5, 5.41) is 15.4. The molecule has 0 bridgehead atoms. The van der Waals surface area contributed by atoms with Crippen LogP contribution in [0.5, 0.6) is 5.75 Å². The number of carbonyl (C=O) groups is 2. The molecule has 40 heavy (non-hydrogen) atoms. The van der Waals surface area contributed by atoms with Crippen molar-refractivity contribution in [3.63, 3.8) is 0 Å². The van der Waals surface area contributed by atoms with Gasteiger partial charge in [0.2, 0.25) is 0 Å². The first-order valence-corrected chi connectivity index (χ1v) is 11.7. The van der Waals surface area contributed by atoms with Crippen molar-refractivity contribution in [3.05, 3.63) is 53.7 Å². The smallest absolute Gasteiger partial charge is 0.426 e. The molecule has 0 saturated heterocycles. The van der Waals surface area contributed by atoms with Crippen molar-refractivity contribution in [1.82, 2.24) is 29.6 Å². The van der Waals surface area contributed by atoms with E-state index in [9.17, 15) is 22.8 Å². The van der Waals surface area contributed by atoms with E-state index in [-0.39, 0.29) is 72.3 Å². The fraction of sp³-hybridized carbons (Fsp3) is 0.250. The SMILES string of the molecule is CCc1c(C(=O)NOCCN)ccc(Nc2nccn3c(-c4cn(CC#N)nc4C(F)(F)F)cnc23)c1OC=O. The van der Waals surface area contributed by atoms with Crippen LogP contribution in [0.1, 0.15) is 28.5 Å². The van der Waals surface area contributed by atoms with Crippen LogP contribution in [0.4, 0.5) is 24.7 Å². The summed E-state index contributed by atoms with van der Waals surface area (Å²) in [5.74, 6) is -0.423. The Balaban J connectivity index is 1.76. The fourth-order valence-corrected chi connectivity index (χ4v) is 4.01. The summed E-state index contributed by atoms with van der Waals surface area (Å²) in [4.78, 5) is 37.4. The van der Waals surface area contributed by atoms with Crippen molar-refractivity contribution in [1.29, 1.82) is 5.26 Å². The number of nitrogens with two attached hydrogens (primary N) is 1. The average Bonchev–Trinajstić information content (AvgIpc) is 3.54. The van der Waals surface area contributed by atoms with Gasteiger partial charge in [0.1, 0.15) is 6.54 Å². The van der Waals surface area contributed by atoms with E-state index in [4.69, 9.17) is 20.6 Å². The number of benzene rings is 1. The second kappa shape index (κ2) is 11.8. The molecule has 4 N–H and O–H groups in total. The minimum atomic E-state index is -4.78. The van der Waals surface area contributed by atoms with Crippen molar-refractivity contribution >= 4 is 29.5 Å². The van der Waals surface area contributed by atoms with Crippen molar-refractivity contribution in [2.75, 3.05) is 18.5 Å². The lowest BCUT2D eigenvalue weighted by molar-refractivity contribution is -0.141. The number of hydrogen-bond acceptors (Lipinski definition) is 10. The summed E-state index contributed by atoms with van der Waals surface area (Å²) < 4.78 is 48.7. The molecule has 3 heterocycles. The monoisotopic (exact) mass is 557 g/mol. The van der Waals surface area contributed by atoms with Crippen LogP contribution in [0, 0.1) is 11.3 Å². The molecular formula is C24H22F3N9O4. The minimum Gasteiger partial charge on any atom is -0.426 e. The van der Waals surface area contributed by atoms with Gasteiger partial charge in [0.25, 0.3) is 12.4 Å². The van der Waals surface area contributed by atoms with Gasteiger partial charge in [0, 0.05) is 36.3 Å². The molecule has 0 aliphatic carbocycles. The first-order valence-electron chi connectivity index (χ1n) is 11.7. The highest BCUT2D eigenvalue weighted by Crippen LogP contribution is 2.38. The molecule has 208 valence electrons. The molecule has 1 aromatic carbocycles. The Morgan fingerprint density at radius 3 is 2.77 bits per heavy atom. The van der Waals surface area contributed by atoms with Crippen LogP contribution in [0.2, 0.25) is 0 Å². The van der Waals surface area contributed by atoms with Crippen LogP contribution in [0.15, 0.2) is 36.9 Å². The van der Waals surface area contributed by atoms with E-state index in [1.165, 1.54) is 35.1 Å². The predicted octanol–water partition coefficient (Wildman–Crippen LogP) is 2.60. The predicted molar refractivity (Wildman–Crippen MR) is 133 cm³/mol. The average molecular weight is 557 g/mol. The molecule has 1 amide bonds. The zero-order valence-electron chi connectivity index (χ0n) is 20.9. The molecule has 0 fully saturated rings. The summed E-state index contributed by atoms with van der Waals surface area (Å²) in [6.45, 7) is 1.86. The Labute approximate surface area is 224 Å². The number of nitrogens with zero attached hydrogens (tertiary/aromatic N) is 6. The molecule has 0 unspecified atom stereocenters. The van der Waals surface area contributed by atoms with Gasteiger partial charge in [-0.15, -0.1) is 0 Å². The highest BCUT2D eigenvalue weighted by atomic mass is 19.4. The molecule has 0 aliphatic heterocycles. The number of imidazole rings is 1. The van der Waals surface area contributed by atoms with Gasteiger partial charge in [0.15, 0.2) is 22.9 Å². The Morgan fingerprint density at radius 1 is 1.30 bits per heavy atom. The molecule has 16 heteroatoms. The van der Waals surface area contributed by atoms with Crippen LogP contribution in [0.25, 0.3) is 16.9 Å². The lowest BCUT2D eigenvalue weighted by atomic mass is 10.0. The molecule has 0 atom stereocenters. The van der Waals surface area contributed by atoms with E-state index >= 15 is 0 Å². The summed E-state index contributed by atoms with van der Waals surface area (Å²) in [5.41, 5.74) is 7.18. The Hall–Kier alpha value is -5.01. The largest absolute Gasteiger partial charge is 0.435 e.